The molecule has 2 rings (SSSR count). The predicted octanol–water partition coefficient (Wildman–Crippen LogP) is 3.89. The molecular formula is C17H17ClN2O4. The summed E-state index contributed by atoms with van der Waals surface area (Å²) in [5.74, 6) is 0.00488. The molecule has 2 N–H and O–H groups in total. The van der Waals surface area contributed by atoms with Gasteiger partial charge in [0, 0.05) is 0 Å². The molecule has 0 spiro atoms. The van der Waals surface area contributed by atoms with Gasteiger partial charge in [-0.05, 0) is 42.8 Å². The first kappa shape index (κ1) is 17.6. The molecule has 0 fully saturated rings. The van der Waals surface area contributed by atoms with Crippen molar-refractivity contribution in [3.8, 4) is 11.5 Å². The zero-order valence-electron chi connectivity index (χ0n) is 13.2. The summed E-state index contributed by atoms with van der Waals surface area (Å²) in [4.78, 5) is 10.9. The first-order valence-electron chi connectivity index (χ1n) is 7.18. The minimum atomic E-state index is -0.995. The van der Waals surface area contributed by atoms with Crippen LogP contribution in [0.15, 0.2) is 41.5 Å². The molecule has 2 aromatic rings. The van der Waals surface area contributed by atoms with Crippen LogP contribution in [0.1, 0.15) is 22.8 Å². The third-order valence-corrected chi connectivity index (χ3v) is 3.34. The molecule has 0 amide bonds. The summed E-state index contributed by atoms with van der Waals surface area (Å²) in [6.45, 7) is 2.34. The van der Waals surface area contributed by atoms with E-state index >= 15 is 0 Å². The fraction of sp³-hybridized carbons (Fsp3) is 0.176. The number of carbonyl (C=O) groups is 1. The Hall–Kier alpha value is -2.73. The highest BCUT2D eigenvalue weighted by molar-refractivity contribution is 6.32. The van der Waals surface area contributed by atoms with Crippen molar-refractivity contribution in [1.82, 2.24) is 0 Å². The Morgan fingerprint density at radius 3 is 2.83 bits per heavy atom. The number of carboxylic acids is 1. The lowest BCUT2D eigenvalue weighted by Gasteiger charge is -2.11. The fourth-order valence-electron chi connectivity index (χ4n) is 2.00. The van der Waals surface area contributed by atoms with E-state index in [0.29, 0.717) is 34.4 Å². The van der Waals surface area contributed by atoms with Crippen molar-refractivity contribution in [1.29, 1.82) is 0 Å². The number of anilines is 1. The first-order chi connectivity index (χ1) is 11.5. The molecule has 24 heavy (non-hydrogen) atoms. The van der Waals surface area contributed by atoms with E-state index in [9.17, 15) is 4.79 Å². The van der Waals surface area contributed by atoms with Crippen LogP contribution < -0.4 is 14.9 Å². The number of nitrogens with zero attached hydrogens (tertiary/aromatic N) is 1. The fourth-order valence-corrected chi connectivity index (χ4v) is 2.28. The van der Waals surface area contributed by atoms with E-state index in [1.54, 1.807) is 30.5 Å². The van der Waals surface area contributed by atoms with Crippen LogP contribution in [0.4, 0.5) is 5.69 Å². The van der Waals surface area contributed by atoms with Gasteiger partial charge in [0.1, 0.15) is 0 Å². The van der Waals surface area contributed by atoms with Gasteiger partial charge in [0.2, 0.25) is 0 Å². The molecule has 0 aromatic heterocycles. The molecule has 0 heterocycles. The number of hydrazone groups is 1. The molecule has 126 valence electrons. The number of benzene rings is 2. The van der Waals surface area contributed by atoms with Crippen LogP contribution in [0.3, 0.4) is 0 Å². The molecule has 0 unspecified atom stereocenters. The molecule has 0 aliphatic carbocycles. The highest BCUT2D eigenvalue weighted by atomic mass is 35.5. The van der Waals surface area contributed by atoms with Gasteiger partial charge in [-0.25, -0.2) is 4.79 Å². The average Bonchev–Trinajstić information content (AvgIpc) is 2.57. The van der Waals surface area contributed by atoms with Crippen molar-refractivity contribution >= 4 is 29.5 Å². The van der Waals surface area contributed by atoms with E-state index < -0.39 is 5.97 Å². The number of aromatic carboxylic acids is 1. The maximum atomic E-state index is 10.9. The monoisotopic (exact) mass is 348 g/mol. The molecule has 0 saturated carbocycles. The molecule has 7 heteroatoms. The maximum absolute atomic E-state index is 10.9. The topological polar surface area (TPSA) is 80.2 Å². The van der Waals surface area contributed by atoms with Crippen LogP contribution in [-0.2, 0) is 0 Å². The van der Waals surface area contributed by atoms with Crippen molar-refractivity contribution in [3.05, 3.63) is 52.5 Å². The number of carboxylic acid groups (broad SMARTS) is 1. The SMILES string of the molecule is CCOc1c(Cl)cc(/C=N/Nc2cccc(C(=O)O)c2)cc1OC. The Labute approximate surface area is 144 Å². The number of hydrogen-bond acceptors (Lipinski definition) is 5. The Morgan fingerprint density at radius 1 is 1.38 bits per heavy atom. The highest BCUT2D eigenvalue weighted by Crippen LogP contribution is 2.35. The van der Waals surface area contributed by atoms with E-state index in [2.05, 4.69) is 10.5 Å². The van der Waals surface area contributed by atoms with E-state index in [1.165, 1.54) is 19.2 Å². The van der Waals surface area contributed by atoms with Crippen LogP contribution in [-0.4, -0.2) is 31.0 Å². The van der Waals surface area contributed by atoms with E-state index in [0.717, 1.165) is 0 Å². The molecule has 0 aliphatic rings. The maximum Gasteiger partial charge on any atom is 0.335 e. The van der Waals surface area contributed by atoms with Crippen LogP contribution in [0.2, 0.25) is 5.02 Å². The summed E-state index contributed by atoms with van der Waals surface area (Å²) in [7, 11) is 1.53. The summed E-state index contributed by atoms with van der Waals surface area (Å²) in [5, 5.41) is 13.5. The van der Waals surface area contributed by atoms with E-state index in [1.807, 2.05) is 6.92 Å². The van der Waals surface area contributed by atoms with Gasteiger partial charge in [0.15, 0.2) is 11.5 Å². The second kappa shape index (κ2) is 8.21. The Balaban J connectivity index is 2.16. The van der Waals surface area contributed by atoms with Crippen molar-refractivity contribution in [3.63, 3.8) is 0 Å². The summed E-state index contributed by atoms with van der Waals surface area (Å²) in [6.07, 6.45) is 1.55. The lowest BCUT2D eigenvalue weighted by molar-refractivity contribution is 0.0697. The third-order valence-electron chi connectivity index (χ3n) is 3.06. The largest absolute Gasteiger partial charge is 0.493 e. The summed E-state index contributed by atoms with van der Waals surface area (Å²) >= 11 is 6.19. The molecule has 0 bridgehead atoms. The van der Waals surface area contributed by atoms with Crippen LogP contribution in [0, 0.1) is 0 Å². The molecule has 0 saturated heterocycles. The predicted molar refractivity (Wildman–Crippen MR) is 93.8 cm³/mol. The second-order valence-electron chi connectivity index (χ2n) is 4.72. The van der Waals surface area contributed by atoms with Gasteiger partial charge in [0.25, 0.3) is 0 Å². The summed E-state index contributed by atoms with van der Waals surface area (Å²) in [5.41, 5.74) is 4.23. The number of nitrogens with one attached hydrogen (secondary N) is 1. The van der Waals surface area contributed by atoms with Gasteiger partial charge in [-0.15, -0.1) is 0 Å². The molecule has 6 nitrogen and oxygen atoms in total. The van der Waals surface area contributed by atoms with Gasteiger partial charge in [0.05, 0.1) is 36.2 Å². The minimum Gasteiger partial charge on any atom is -0.493 e. The Bertz CT molecular complexity index is 762. The zero-order chi connectivity index (χ0) is 17.5. The molecule has 2 aromatic carbocycles. The Morgan fingerprint density at radius 2 is 2.17 bits per heavy atom. The normalized spacial score (nSPS) is 10.6. The van der Waals surface area contributed by atoms with Crippen molar-refractivity contribution < 1.29 is 19.4 Å². The van der Waals surface area contributed by atoms with Crippen molar-refractivity contribution in [2.24, 2.45) is 5.10 Å². The molecule has 0 atom stereocenters. The third kappa shape index (κ3) is 4.39. The number of ether oxygens (including phenoxy) is 2. The minimum absolute atomic E-state index is 0.181. The highest BCUT2D eigenvalue weighted by Gasteiger charge is 2.10. The van der Waals surface area contributed by atoms with Crippen LogP contribution in [0.25, 0.3) is 0 Å². The lowest BCUT2D eigenvalue weighted by atomic mass is 10.2. The quantitative estimate of drug-likeness (QED) is 0.586. The standard InChI is InChI=1S/C17H17ClN2O4/c1-3-24-16-14(18)7-11(8-15(16)23-2)10-19-20-13-6-4-5-12(9-13)17(21)22/h4-10,20H,3H2,1-2H3,(H,21,22)/b19-10+. The molecule has 0 radical (unpaired) electrons. The number of halogens is 1. The molecule has 0 aliphatic heterocycles. The van der Waals surface area contributed by atoms with Crippen LogP contribution in [0.5, 0.6) is 11.5 Å². The van der Waals surface area contributed by atoms with Gasteiger partial charge in [-0.3, -0.25) is 5.43 Å². The first-order valence-corrected chi connectivity index (χ1v) is 7.55. The van der Waals surface area contributed by atoms with Crippen molar-refractivity contribution in [2.75, 3.05) is 19.1 Å². The van der Waals surface area contributed by atoms with Gasteiger partial charge < -0.3 is 14.6 Å². The van der Waals surface area contributed by atoms with Crippen molar-refractivity contribution in [2.45, 2.75) is 6.92 Å². The number of rotatable bonds is 7. The van der Waals surface area contributed by atoms with Gasteiger partial charge in [-0.1, -0.05) is 17.7 Å². The number of hydrogen-bond donors (Lipinski definition) is 2. The smallest absolute Gasteiger partial charge is 0.335 e. The Kier molecular flexibility index (Phi) is 6.03. The summed E-state index contributed by atoms with van der Waals surface area (Å²) in [6, 6.07) is 9.80. The second-order valence-corrected chi connectivity index (χ2v) is 5.13. The zero-order valence-corrected chi connectivity index (χ0v) is 14.0. The molecular weight excluding hydrogens is 332 g/mol. The van der Waals surface area contributed by atoms with Gasteiger partial charge >= 0.3 is 5.97 Å². The van der Waals surface area contributed by atoms with Gasteiger partial charge in [-0.2, -0.15) is 5.10 Å². The van der Waals surface area contributed by atoms with E-state index in [-0.39, 0.29) is 5.56 Å². The lowest BCUT2D eigenvalue weighted by Crippen LogP contribution is -1.99. The average molecular weight is 349 g/mol. The summed E-state index contributed by atoms with van der Waals surface area (Å²) < 4.78 is 10.7. The van der Waals surface area contributed by atoms with Crippen LogP contribution >= 0.6 is 11.6 Å². The van der Waals surface area contributed by atoms with E-state index in [4.69, 9.17) is 26.2 Å². The number of methoxy groups -OCH3 is 1.